The molecular formula is C14H18N4O2. The Labute approximate surface area is 117 Å². The molecule has 1 aromatic carbocycles. The van der Waals surface area contributed by atoms with Crippen LogP contribution in [-0.4, -0.2) is 22.1 Å². The van der Waals surface area contributed by atoms with Gasteiger partial charge in [0.05, 0.1) is 6.04 Å². The van der Waals surface area contributed by atoms with Gasteiger partial charge in [0, 0.05) is 11.3 Å². The number of carbonyl (C=O) groups is 1. The van der Waals surface area contributed by atoms with Gasteiger partial charge in [-0.05, 0) is 31.0 Å². The first-order valence-corrected chi connectivity index (χ1v) is 6.55. The van der Waals surface area contributed by atoms with Gasteiger partial charge in [0.25, 0.3) is 0 Å². The summed E-state index contributed by atoms with van der Waals surface area (Å²) in [7, 11) is 0. The van der Waals surface area contributed by atoms with Crippen molar-refractivity contribution in [3.63, 3.8) is 0 Å². The van der Waals surface area contributed by atoms with Gasteiger partial charge in [-0.15, -0.1) is 10.2 Å². The number of aromatic nitrogens is 2. The van der Waals surface area contributed by atoms with Crippen LogP contribution in [0.2, 0.25) is 0 Å². The Morgan fingerprint density at radius 1 is 1.50 bits per heavy atom. The minimum absolute atomic E-state index is 0.183. The van der Waals surface area contributed by atoms with Crippen molar-refractivity contribution in [3.8, 4) is 11.5 Å². The van der Waals surface area contributed by atoms with E-state index in [0.29, 0.717) is 18.0 Å². The van der Waals surface area contributed by atoms with E-state index < -0.39 is 6.04 Å². The first-order valence-electron chi connectivity index (χ1n) is 6.55. The fraction of sp³-hybridized carbons (Fsp3) is 0.357. The molecule has 20 heavy (non-hydrogen) atoms. The number of nitrogens with zero attached hydrogens (tertiary/aromatic N) is 2. The summed E-state index contributed by atoms with van der Waals surface area (Å²) >= 11 is 0. The fourth-order valence-corrected chi connectivity index (χ4v) is 1.86. The molecule has 0 unspecified atom stereocenters. The number of carbonyl (C=O) groups excluding carboxylic acids is 1. The predicted octanol–water partition coefficient (Wildman–Crippen LogP) is 2.11. The molecule has 106 valence electrons. The van der Waals surface area contributed by atoms with Crippen LogP contribution in [0.3, 0.4) is 0 Å². The first-order chi connectivity index (χ1) is 9.61. The molecule has 2 rings (SSSR count). The number of hydrogen-bond acceptors (Lipinski definition) is 5. The number of hydrogen-bond donors (Lipinski definition) is 2. The molecule has 0 aliphatic rings. The van der Waals surface area contributed by atoms with E-state index in [0.717, 1.165) is 17.5 Å². The smallest absolute Gasteiger partial charge is 0.247 e. The van der Waals surface area contributed by atoms with E-state index in [-0.39, 0.29) is 5.91 Å². The van der Waals surface area contributed by atoms with Crippen LogP contribution < -0.4 is 11.1 Å². The van der Waals surface area contributed by atoms with Gasteiger partial charge in [0.15, 0.2) is 0 Å². The van der Waals surface area contributed by atoms with Crippen molar-refractivity contribution in [3.05, 3.63) is 30.2 Å². The maximum Gasteiger partial charge on any atom is 0.247 e. The van der Waals surface area contributed by atoms with Crippen LogP contribution in [0.1, 0.15) is 25.3 Å². The average molecular weight is 274 g/mol. The minimum atomic E-state index is -0.494. The summed E-state index contributed by atoms with van der Waals surface area (Å²) in [6.07, 6.45) is 2.80. The van der Waals surface area contributed by atoms with Gasteiger partial charge >= 0.3 is 0 Å². The van der Waals surface area contributed by atoms with Crippen LogP contribution >= 0.6 is 0 Å². The summed E-state index contributed by atoms with van der Waals surface area (Å²) in [6, 6.07) is 5.07. The van der Waals surface area contributed by atoms with Crippen LogP contribution in [0.25, 0.3) is 11.5 Å². The van der Waals surface area contributed by atoms with Gasteiger partial charge < -0.3 is 15.5 Å². The quantitative estimate of drug-likeness (QED) is 0.870. The van der Waals surface area contributed by atoms with Crippen molar-refractivity contribution in [2.75, 3.05) is 5.32 Å². The molecule has 6 nitrogen and oxygen atoms in total. The summed E-state index contributed by atoms with van der Waals surface area (Å²) in [6.45, 7) is 3.91. The SMILES string of the molecule is CCC[C@H](N)C(=O)Nc1cc(-c2nnco2)ccc1C. The van der Waals surface area contributed by atoms with Crippen molar-refractivity contribution in [2.45, 2.75) is 32.7 Å². The Kier molecular flexibility index (Phi) is 4.47. The van der Waals surface area contributed by atoms with Crippen molar-refractivity contribution in [2.24, 2.45) is 5.73 Å². The van der Waals surface area contributed by atoms with E-state index in [4.69, 9.17) is 10.2 Å². The number of nitrogens with one attached hydrogen (secondary N) is 1. The summed E-state index contributed by atoms with van der Waals surface area (Å²) in [5, 5.41) is 10.3. The summed E-state index contributed by atoms with van der Waals surface area (Å²) in [5.74, 6) is 0.232. The molecule has 0 saturated heterocycles. The molecule has 6 heteroatoms. The molecule has 0 radical (unpaired) electrons. The lowest BCUT2D eigenvalue weighted by atomic mass is 10.1. The van der Waals surface area contributed by atoms with Crippen LogP contribution in [0.5, 0.6) is 0 Å². The maximum atomic E-state index is 12.0. The number of rotatable bonds is 5. The van der Waals surface area contributed by atoms with Gasteiger partial charge in [-0.3, -0.25) is 4.79 Å². The molecule has 1 aromatic heterocycles. The molecule has 0 bridgehead atoms. The molecule has 0 spiro atoms. The highest BCUT2D eigenvalue weighted by molar-refractivity contribution is 5.95. The van der Waals surface area contributed by atoms with E-state index in [1.54, 1.807) is 6.07 Å². The summed E-state index contributed by atoms with van der Waals surface area (Å²) < 4.78 is 5.15. The van der Waals surface area contributed by atoms with E-state index in [1.807, 2.05) is 26.0 Å². The monoisotopic (exact) mass is 274 g/mol. The fourth-order valence-electron chi connectivity index (χ4n) is 1.86. The molecule has 0 saturated carbocycles. The van der Waals surface area contributed by atoms with Crippen LogP contribution in [0.4, 0.5) is 5.69 Å². The molecular weight excluding hydrogens is 256 g/mol. The zero-order valence-corrected chi connectivity index (χ0v) is 11.6. The molecule has 0 aliphatic carbocycles. The van der Waals surface area contributed by atoms with Crippen LogP contribution in [0.15, 0.2) is 29.0 Å². The zero-order chi connectivity index (χ0) is 14.5. The van der Waals surface area contributed by atoms with Gasteiger partial charge in [-0.1, -0.05) is 19.4 Å². The number of aryl methyl sites for hydroxylation is 1. The highest BCUT2D eigenvalue weighted by atomic mass is 16.4. The zero-order valence-electron chi connectivity index (χ0n) is 11.6. The number of anilines is 1. The minimum Gasteiger partial charge on any atom is -0.423 e. The standard InChI is InChI=1S/C14H18N4O2/c1-3-4-11(15)13(19)17-12-7-10(6-5-9(12)2)14-18-16-8-20-14/h5-8,11H,3-4,15H2,1-2H3,(H,17,19)/t11-/m0/s1. The van der Waals surface area contributed by atoms with E-state index in [9.17, 15) is 4.79 Å². The first kappa shape index (κ1) is 14.2. The van der Waals surface area contributed by atoms with E-state index in [2.05, 4.69) is 15.5 Å². The molecule has 3 N–H and O–H groups in total. The number of benzene rings is 1. The highest BCUT2D eigenvalue weighted by Gasteiger charge is 2.14. The molecule has 2 aromatic rings. The van der Waals surface area contributed by atoms with E-state index in [1.165, 1.54) is 6.39 Å². The Hall–Kier alpha value is -2.21. The normalized spacial score (nSPS) is 12.2. The average Bonchev–Trinajstić information content (AvgIpc) is 2.95. The largest absolute Gasteiger partial charge is 0.423 e. The number of amides is 1. The lowest BCUT2D eigenvalue weighted by Gasteiger charge is -2.13. The topological polar surface area (TPSA) is 94.0 Å². The molecule has 1 heterocycles. The Bertz CT molecular complexity index is 581. The van der Waals surface area contributed by atoms with Gasteiger partial charge in [0.1, 0.15) is 0 Å². The molecule has 1 amide bonds. The molecule has 0 aliphatic heterocycles. The van der Waals surface area contributed by atoms with Crippen molar-refractivity contribution < 1.29 is 9.21 Å². The van der Waals surface area contributed by atoms with Crippen LogP contribution in [-0.2, 0) is 4.79 Å². The maximum absolute atomic E-state index is 12.0. The Balaban J connectivity index is 2.19. The van der Waals surface area contributed by atoms with Gasteiger partial charge in [-0.25, -0.2) is 0 Å². The lowest BCUT2D eigenvalue weighted by molar-refractivity contribution is -0.117. The third kappa shape index (κ3) is 3.21. The van der Waals surface area contributed by atoms with Gasteiger partial charge in [-0.2, -0.15) is 0 Å². The second kappa shape index (κ2) is 6.29. The third-order valence-electron chi connectivity index (χ3n) is 3.04. The molecule has 0 fully saturated rings. The summed E-state index contributed by atoms with van der Waals surface area (Å²) in [4.78, 5) is 12.0. The lowest BCUT2D eigenvalue weighted by Crippen LogP contribution is -2.35. The Morgan fingerprint density at radius 3 is 2.95 bits per heavy atom. The summed E-state index contributed by atoms with van der Waals surface area (Å²) in [5.41, 5.74) is 8.22. The second-order valence-corrected chi connectivity index (χ2v) is 4.66. The van der Waals surface area contributed by atoms with Crippen molar-refractivity contribution >= 4 is 11.6 Å². The van der Waals surface area contributed by atoms with Crippen molar-refractivity contribution in [1.29, 1.82) is 0 Å². The second-order valence-electron chi connectivity index (χ2n) is 4.66. The molecule has 1 atom stereocenters. The van der Waals surface area contributed by atoms with Gasteiger partial charge in [0.2, 0.25) is 18.2 Å². The van der Waals surface area contributed by atoms with Crippen molar-refractivity contribution in [1.82, 2.24) is 10.2 Å². The third-order valence-corrected chi connectivity index (χ3v) is 3.04. The van der Waals surface area contributed by atoms with Crippen LogP contribution in [0, 0.1) is 6.92 Å². The predicted molar refractivity (Wildman–Crippen MR) is 76.0 cm³/mol. The number of nitrogens with two attached hydrogens (primary N) is 1. The van der Waals surface area contributed by atoms with E-state index >= 15 is 0 Å². The Morgan fingerprint density at radius 2 is 2.30 bits per heavy atom. The highest BCUT2D eigenvalue weighted by Crippen LogP contribution is 2.24.